The summed E-state index contributed by atoms with van der Waals surface area (Å²) < 4.78 is 0. The molecule has 0 unspecified atom stereocenters. The molecule has 0 radical (unpaired) electrons. The zero-order chi connectivity index (χ0) is 13.8. The van der Waals surface area contributed by atoms with E-state index in [1.54, 1.807) is 12.1 Å². The summed E-state index contributed by atoms with van der Waals surface area (Å²) in [5.41, 5.74) is 6.12. The van der Waals surface area contributed by atoms with E-state index in [-0.39, 0.29) is 12.2 Å². The van der Waals surface area contributed by atoms with Crippen LogP contribution in [0.1, 0.15) is 5.56 Å². The molecular weight excluding hydrogens is 234 g/mol. The molecule has 1 rings (SSSR count). The topological polar surface area (TPSA) is 164 Å². The number of aromatic hydroxyl groups is 1. The van der Waals surface area contributed by atoms with E-state index in [9.17, 15) is 4.79 Å². The number of rotatable bonds is 3. The van der Waals surface area contributed by atoms with Crippen LogP contribution in [0.2, 0.25) is 0 Å². The van der Waals surface area contributed by atoms with Gasteiger partial charge in [-0.2, -0.15) is 0 Å². The standard InChI is InChI=1S/C9H11NO3.2H2O2/c10-8(9(12)13)5-6-1-3-7(11)4-2-6;2*1-2/h1-4,8,11H,5,10H2,(H,12,13);2*1-2H/t8-;;/m0../s1. The largest absolute Gasteiger partial charge is 0.508 e. The van der Waals surface area contributed by atoms with Crippen molar-refractivity contribution in [2.45, 2.75) is 12.5 Å². The fourth-order valence-electron chi connectivity index (χ4n) is 0.973. The maximum absolute atomic E-state index is 10.4. The van der Waals surface area contributed by atoms with E-state index >= 15 is 0 Å². The summed E-state index contributed by atoms with van der Waals surface area (Å²) in [6, 6.07) is 5.42. The molecule has 0 bridgehead atoms. The van der Waals surface area contributed by atoms with Gasteiger partial charge in [0.2, 0.25) is 0 Å². The Morgan fingerprint density at radius 1 is 1.12 bits per heavy atom. The van der Waals surface area contributed by atoms with Crippen LogP contribution in [0.4, 0.5) is 0 Å². The molecule has 98 valence electrons. The van der Waals surface area contributed by atoms with E-state index < -0.39 is 12.0 Å². The summed E-state index contributed by atoms with van der Waals surface area (Å²) >= 11 is 0. The minimum Gasteiger partial charge on any atom is -0.508 e. The van der Waals surface area contributed by atoms with Crippen LogP contribution in [0, 0.1) is 0 Å². The SMILES string of the molecule is N[C@@H](Cc1ccc(O)cc1)C(=O)O.OO.OO. The first-order chi connectivity index (χ1) is 8.09. The van der Waals surface area contributed by atoms with Gasteiger partial charge in [-0.05, 0) is 24.1 Å². The fourth-order valence-corrected chi connectivity index (χ4v) is 0.973. The number of hydrogen-bond acceptors (Lipinski definition) is 7. The Kier molecular flexibility index (Phi) is 11.2. The molecule has 1 aromatic rings. The molecule has 0 aromatic heterocycles. The van der Waals surface area contributed by atoms with E-state index in [0.29, 0.717) is 0 Å². The van der Waals surface area contributed by atoms with Crippen molar-refractivity contribution < 1.29 is 36.0 Å². The van der Waals surface area contributed by atoms with Crippen molar-refractivity contribution in [2.24, 2.45) is 5.73 Å². The molecule has 0 heterocycles. The summed E-state index contributed by atoms with van der Waals surface area (Å²) in [4.78, 5) is 10.4. The Bertz CT molecular complexity index is 301. The van der Waals surface area contributed by atoms with E-state index in [2.05, 4.69) is 0 Å². The first-order valence-corrected chi connectivity index (χ1v) is 4.26. The number of hydrogen-bond donors (Lipinski definition) is 7. The second kappa shape index (κ2) is 10.8. The molecule has 0 aliphatic heterocycles. The van der Waals surface area contributed by atoms with Crippen LogP contribution < -0.4 is 5.73 Å². The third-order valence-electron chi connectivity index (χ3n) is 1.71. The highest BCUT2D eigenvalue weighted by atomic mass is 17.0. The number of nitrogens with two attached hydrogens (primary N) is 1. The molecule has 0 fully saturated rings. The third kappa shape index (κ3) is 8.13. The van der Waals surface area contributed by atoms with Gasteiger partial charge in [0.15, 0.2) is 0 Å². The molecule has 1 aromatic carbocycles. The Morgan fingerprint density at radius 2 is 1.53 bits per heavy atom. The van der Waals surface area contributed by atoms with Crippen molar-refractivity contribution in [3.8, 4) is 5.75 Å². The molecule has 0 saturated carbocycles. The highest BCUT2D eigenvalue weighted by Crippen LogP contribution is 2.10. The normalized spacial score (nSPS) is 10.2. The number of phenols is 1. The predicted molar refractivity (Wildman–Crippen MR) is 57.9 cm³/mol. The van der Waals surface area contributed by atoms with Crippen LogP contribution in [0.15, 0.2) is 24.3 Å². The second-order valence-corrected chi connectivity index (χ2v) is 2.82. The van der Waals surface area contributed by atoms with Crippen LogP contribution >= 0.6 is 0 Å². The smallest absolute Gasteiger partial charge is 0.320 e. The monoisotopic (exact) mass is 249 g/mol. The number of carboxylic acid groups (broad SMARTS) is 1. The molecule has 8 heteroatoms. The number of carbonyl (C=O) groups is 1. The molecule has 0 aliphatic carbocycles. The zero-order valence-electron chi connectivity index (χ0n) is 8.76. The zero-order valence-corrected chi connectivity index (χ0v) is 8.76. The van der Waals surface area contributed by atoms with Crippen molar-refractivity contribution in [1.82, 2.24) is 0 Å². The summed E-state index contributed by atoms with van der Waals surface area (Å²) in [6.45, 7) is 0. The Morgan fingerprint density at radius 3 is 1.88 bits per heavy atom. The number of aliphatic carboxylic acids is 1. The third-order valence-corrected chi connectivity index (χ3v) is 1.71. The summed E-state index contributed by atoms with van der Waals surface area (Å²) in [5.74, 6) is -0.860. The average Bonchev–Trinajstić information content (AvgIpc) is 2.37. The van der Waals surface area contributed by atoms with Gasteiger partial charge < -0.3 is 15.9 Å². The van der Waals surface area contributed by atoms with Gasteiger partial charge >= 0.3 is 5.97 Å². The van der Waals surface area contributed by atoms with Crippen molar-refractivity contribution in [2.75, 3.05) is 0 Å². The number of phenolic OH excluding ortho intramolecular Hbond substituents is 1. The highest BCUT2D eigenvalue weighted by molar-refractivity contribution is 5.73. The van der Waals surface area contributed by atoms with Crippen LogP contribution in [-0.4, -0.2) is 43.3 Å². The van der Waals surface area contributed by atoms with Crippen molar-refractivity contribution in [1.29, 1.82) is 0 Å². The maximum Gasteiger partial charge on any atom is 0.320 e. The van der Waals surface area contributed by atoms with Crippen LogP contribution in [-0.2, 0) is 11.2 Å². The summed E-state index contributed by atoms with van der Waals surface area (Å²) in [6.07, 6.45) is 0.273. The average molecular weight is 249 g/mol. The maximum atomic E-state index is 10.4. The molecule has 0 spiro atoms. The van der Waals surface area contributed by atoms with Crippen molar-refractivity contribution >= 4 is 5.97 Å². The highest BCUT2D eigenvalue weighted by Gasteiger charge is 2.11. The van der Waals surface area contributed by atoms with Gasteiger partial charge in [-0.25, -0.2) is 0 Å². The van der Waals surface area contributed by atoms with Crippen molar-refractivity contribution in [3.63, 3.8) is 0 Å². The lowest BCUT2D eigenvalue weighted by molar-refractivity contribution is -0.176. The predicted octanol–water partition coefficient (Wildman–Crippen LogP) is 0.381. The molecule has 0 aliphatic rings. The van der Waals surface area contributed by atoms with E-state index in [4.69, 9.17) is 37.0 Å². The summed E-state index contributed by atoms with van der Waals surface area (Å²) in [5, 5.41) is 41.5. The second-order valence-electron chi connectivity index (χ2n) is 2.82. The first kappa shape index (κ1) is 17.7. The van der Waals surface area contributed by atoms with Gasteiger partial charge in [0.1, 0.15) is 11.8 Å². The first-order valence-electron chi connectivity index (χ1n) is 4.26. The lowest BCUT2D eigenvalue weighted by Crippen LogP contribution is -2.32. The summed E-state index contributed by atoms with van der Waals surface area (Å²) in [7, 11) is 0. The molecule has 8 nitrogen and oxygen atoms in total. The quantitative estimate of drug-likeness (QED) is 0.298. The van der Waals surface area contributed by atoms with Gasteiger partial charge in [-0.15, -0.1) is 0 Å². The van der Waals surface area contributed by atoms with Gasteiger partial charge in [0, 0.05) is 0 Å². The minimum atomic E-state index is -1.02. The Hall–Kier alpha value is -1.71. The van der Waals surface area contributed by atoms with Crippen LogP contribution in [0.3, 0.4) is 0 Å². The van der Waals surface area contributed by atoms with Crippen molar-refractivity contribution in [3.05, 3.63) is 29.8 Å². The minimum absolute atomic E-state index is 0.160. The Labute approximate surface area is 96.7 Å². The number of carboxylic acids is 1. The lowest BCUT2D eigenvalue weighted by atomic mass is 10.1. The van der Waals surface area contributed by atoms with E-state index in [1.165, 1.54) is 12.1 Å². The molecule has 0 amide bonds. The fraction of sp³-hybridized carbons (Fsp3) is 0.222. The molecular formula is C9H15NO7. The lowest BCUT2D eigenvalue weighted by Gasteiger charge is -2.05. The van der Waals surface area contributed by atoms with Gasteiger partial charge in [0.25, 0.3) is 0 Å². The van der Waals surface area contributed by atoms with Gasteiger partial charge in [0.05, 0.1) is 0 Å². The van der Waals surface area contributed by atoms with E-state index in [1.807, 2.05) is 0 Å². The van der Waals surface area contributed by atoms with Crippen LogP contribution in [0.5, 0.6) is 5.75 Å². The van der Waals surface area contributed by atoms with Gasteiger partial charge in [-0.1, -0.05) is 12.1 Å². The Balaban J connectivity index is 0. The van der Waals surface area contributed by atoms with E-state index in [0.717, 1.165) is 5.56 Å². The molecule has 8 N–H and O–H groups in total. The van der Waals surface area contributed by atoms with Crippen LogP contribution in [0.25, 0.3) is 0 Å². The molecule has 0 saturated heterocycles. The molecule has 1 atom stereocenters. The van der Waals surface area contributed by atoms with Gasteiger partial charge in [-0.3, -0.25) is 25.8 Å². The number of benzene rings is 1. The molecule has 17 heavy (non-hydrogen) atoms.